The smallest absolute Gasteiger partial charge is 0.128 e. The largest absolute Gasteiger partial charge is 0.494 e. The molecule has 27 heavy (non-hydrogen) atoms. The number of aryl methyl sites for hydroxylation is 1. The molecule has 6 heteroatoms. The third kappa shape index (κ3) is 4.58. The van der Waals surface area contributed by atoms with Crippen molar-refractivity contribution in [2.75, 3.05) is 12.4 Å². The predicted octanol–water partition coefficient (Wildman–Crippen LogP) is 6.42. The van der Waals surface area contributed by atoms with E-state index >= 15 is 0 Å². The molecule has 2 aromatic heterocycles. The van der Waals surface area contributed by atoms with Gasteiger partial charge in [-0.05, 0) is 73.6 Å². The first kappa shape index (κ1) is 19.0. The highest BCUT2D eigenvalue weighted by molar-refractivity contribution is 7.99. The van der Waals surface area contributed by atoms with Crippen LogP contribution in [0.4, 0.5) is 0 Å². The van der Waals surface area contributed by atoms with Crippen LogP contribution in [0.3, 0.4) is 0 Å². The van der Waals surface area contributed by atoms with Crippen LogP contribution in [0.15, 0.2) is 35.6 Å². The summed E-state index contributed by atoms with van der Waals surface area (Å²) in [5, 5.41) is 3.22. The molecule has 0 amide bonds. The maximum atomic E-state index is 5.89. The maximum Gasteiger partial charge on any atom is 0.128 e. The molecule has 0 aliphatic heterocycles. The summed E-state index contributed by atoms with van der Waals surface area (Å²) in [4.78, 5) is 11.8. The molecule has 142 valence electrons. The van der Waals surface area contributed by atoms with Crippen molar-refractivity contribution in [2.45, 2.75) is 44.1 Å². The Morgan fingerprint density at radius 2 is 2.07 bits per heavy atom. The number of benzene rings is 1. The Morgan fingerprint density at radius 3 is 2.93 bits per heavy atom. The van der Waals surface area contributed by atoms with E-state index in [4.69, 9.17) is 16.3 Å². The average Bonchev–Trinajstić information content (AvgIpc) is 3.04. The number of thiophene rings is 1. The van der Waals surface area contributed by atoms with Crippen molar-refractivity contribution in [3.05, 3.63) is 46.1 Å². The lowest BCUT2D eigenvalue weighted by molar-refractivity contribution is 0.310. The fourth-order valence-corrected chi connectivity index (χ4v) is 6.02. The van der Waals surface area contributed by atoms with Gasteiger partial charge in [0.15, 0.2) is 0 Å². The van der Waals surface area contributed by atoms with Crippen LogP contribution in [0.5, 0.6) is 5.75 Å². The van der Waals surface area contributed by atoms with E-state index in [0.29, 0.717) is 0 Å². The second kappa shape index (κ2) is 8.80. The zero-order valence-electron chi connectivity index (χ0n) is 15.4. The fraction of sp³-hybridized carbons (Fsp3) is 0.429. The molecular weight excluding hydrogens is 396 g/mol. The molecule has 1 aliphatic carbocycles. The minimum atomic E-state index is 0.729. The summed E-state index contributed by atoms with van der Waals surface area (Å²) in [5.41, 5.74) is 1.52. The maximum absolute atomic E-state index is 5.89. The van der Waals surface area contributed by atoms with Crippen LogP contribution in [0.2, 0.25) is 5.02 Å². The molecule has 3 aromatic rings. The van der Waals surface area contributed by atoms with Crippen molar-refractivity contribution in [1.82, 2.24) is 9.97 Å². The highest BCUT2D eigenvalue weighted by Crippen LogP contribution is 2.40. The minimum Gasteiger partial charge on any atom is -0.494 e. The van der Waals surface area contributed by atoms with Gasteiger partial charge in [-0.3, -0.25) is 0 Å². The summed E-state index contributed by atoms with van der Waals surface area (Å²) < 4.78 is 5.76. The van der Waals surface area contributed by atoms with Gasteiger partial charge in [0.2, 0.25) is 0 Å². The fourth-order valence-electron chi connectivity index (χ4n) is 3.45. The van der Waals surface area contributed by atoms with E-state index < -0.39 is 0 Å². The van der Waals surface area contributed by atoms with E-state index in [1.165, 1.54) is 35.1 Å². The van der Waals surface area contributed by atoms with Crippen LogP contribution < -0.4 is 4.74 Å². The quantitative estimate of drug-likeness (QED) is 0.252. The van der Waals surface area contributed by atoms with Crippen LogP contribution in [0, 0.1) is 5.92 Å². The van der Waals surface area contributed by atoms with Crippen molar-refractivity contribution in [2.24, 2.45) is 5.92 Å². The van der Waals surface area contributed by atoms with Crippen LogP contribution >= 0.6 is 34.7 Å². The molecule has 2 heterocycles. The van der Waals surface area contributed by atoms with Crippen molar-refractivity contribution in [3.8, 4) is 5.75 Å². The number of rotatable bonds is 7. The Labute approximate surface area is 173 Å². The second-order valence-corrected chi connectivity index (χ2v) is 9.67. The van der Waals surface area contributed by atoms with E-state index in [1.807, 2.05) is 47.4 Å². The lowest BCUT2D eigenvalue weighted by Crippen LogP contribution is -2.08. The molecule has 0 fully saturated rings. The van der Waals surface area contributed by atoms with Gasteiger partial charge < -0.3 is 4.74 Å². The summed E-state index contributed by atoms with van der Waals surface area (Å²) in [6.45, 7) is 3.08. The van der Waals surface area contributed by atoms with Crippen molar-refractivity contribution in [1.29, 1.82) is 0 Å². The predicted molar refractivity (Wildman–Crippen MR) is 116 cm³/mol. The number of fused-ring (bicyclic) bond motifs is 3. The number of ether oxygens (including phenoxy) is 1. The van der Waals surface area contributed by atoms with E-state index in [1.54, 1.807) is 6.33 Å². The number of hydrogen-bond donors (Lipinski definition) is 0. The van der Waals surface area contributed by atoms with Crippen molar-refractivity contribution >= 4 is 44.9 Å². The molecular formula is C21H23ClN2OS2. The third-order valence-corrected chi connectivity index (χ3v) is 7.41. The lowest BCUT2D eigenvalue weighted by Gasteiger charge is -2.18. The first-order valence-corrected chi connectivity index (χ1v) is 11.6. The Hall–Kier alpha value is -1.30. The number of thioether (sulfide) groups is 1. The van der Waals surface area contributed by atoms with Crippen LogP contribution in [-0.4, -0.2) is 22.3 Å². The van der Waals surface area contributed by atoms with Gasteiger partial charge in [0.25, 0.3) is 0 Å². The summed E-state index contributed by atoms with van der Waals surface area (Å²) in [6.07, 6.45) is 7.50. The molecule has 1 aliphatic rings. The van der Waals surface area contributed by atoms with Gasteiger partial charge in [0.05, 0.1) is 6.61 Å². The molecule has 0 spiro atoms. The molecule has 0 saturated carbocycles. The number of halogens is 1. The van der Waals surface area contributed by atoms with Gasteiger partial charge in [-0.1, -0.05) is 18.5 Å². The number of hydrogen-bond acceptors (Lipinski definition) is 5. The van der Waals surface area contributed by atoms with Crippen molar-refractivity contribution in [3.63, 3.8) is 0 Å². The normalized spacial score (nSPS) is 16.4. The van der Waals surface area contributed by atoms with Gasteiger partial charge >= 0.3 is 0 Å². The zero-order chi connectivity index (χ0) is 18.6. The molecule has 0 N–H and O–H groups in total. The van der Waals surface area contributed by atoms with E-state index in [-0.39, 0.29) is 0 Å². The Bertz CT molecular complexity index is 910. The average molecular weight is 419 g/mol. The highest BCUT2D eigenvalue weighted by Gasteiger charge is 2.22. The molecule has 0 bridgehead atoms. The highest BCUT2D eigenvalue weighted by atomic mass is 35.5. The Morgan fingerprint density at radius 1 is 1.22 bits per heavy atom. The summed E-state index contributed by atoms with van der Waals surface area (Å²) >= 11 is 9.62. The third-order valence-electron chi connectivity index (χ3n) is 4.92. The zero-order valence-corrected chi connectivity index (χ0v) is 17.8. The van der Waals surface area contributed by atoms with E-state index in [0.717, 1.165) is 51.7 Å². The minimum absolute atomic E-state index is 0.729. The molecule has 0 saturated heterocycles. The van der Waals surface area contributed by atoms with E-state index in [2.05, 4.69) is 16.9 Å². The molecule has 3 nitrogen and oxygen atoms in total. The Kier molecular flexibility index (Phi) is 6.21. The van der Waals surface area contributed by atoms with E-state index in [9.17, 15) is 0 Å². The van der Waals surface area contributed by atoms with Crippen LogP contribution in [0.1, 0.15) is 36.6 Å². The lowest BCUT2D eigenvalue weighted by atomic mass is 9.89. The first-order chi connectivity index (χ1) is 13.2. The summed E-state index contributed by atoms with van der Waals surface area (Å²) in [7, 11) is 0. The summed E-state index contributed by atoms with van der Waals surface area (Å²) in [6, 6.07) is 7.54. The van der Waals surface area contributed by atoms with Gasteiger partial charge in [0.1, 0.15) is 21.9 Å². The molecule has 4 rings (SSSR count). The topological polar surface area (TPSA) is 35.0 Å². The Balaban J connectivity index is 1.31. The second-order valence-electron chi connectivity index (χ2n) is 7.07. The van der Waals surface area contributed by atoms with Crippen LogP contribution in [-0.2, 0) is 12.8 Å². The molecule has 1 unspecified atom stereocenters. The number of unbranched alkanes of at least 4 members (excludes halogenated alkanes) is 1. The molecule has 1 aromatic carbocycles. The van der Waals surface area contributed by atoms with Crippen molar-refractivity contribution < 1.29 is 4.74 Å². The SMILES string of the molecule is CC1CCc2c(sc3ncnc(SCCCCOc4ccc(Cl)cc4)c23)C1. The van der Waals surface area contributed by atoms with Crippen LogP contribution in [0.25, 0.3) is 10.2 Å². The standard InChI is InChI=1S/C21H23ClN2OS2/c1-14-4-9-17-18(12-14)27-21-19(17)20(23-13-24-21)26-11-3-2-10-25-16-7-5-15(22)6-8-16/h5-8,13-14H,2-4,9-12H2,1H3. The number of nitrogens with zero attached hydrogens (tertiary/aromatic N) is 2. The molecule has 1 atom stereocenters. The van der Waals surface area contributed by atoms with Gasteiger partial charge in [-0.15, -0.1) is 23.1 Å². The van der Waals surface area contributed by atoms with Gasteiger partial charge in [-0.2, -0.15) is 0 Å². The first-order valence-electron chi connectivity index (χ1n) is 9.47. The summed E-state index contributed by atoms with van der Waals surface area (Å²) in [5.74, 6) is 2.72. The number of aromatic nitrogens is 2. The monoisotopic (exact) mass is 418 g/mol. The molecule has 0 radical (unpaired) electrons. The van der Waals surface area contributed by atoms with Gasteiger partial charge in [-0.25, -0.2) is 9.97 Å². The van der Waals surface area contributed by atoms with Gasteiger partial charge in [0, 0.05) is 15.3 Å².